The Morgan fingerprint density at radius 1 is 1.03 bits per heavy atom. The van der Waals surface area contributed by atoms with Crippen LogP contribution in [0.2, 0.25) is 0 Å². The smallest absolute Gasteiger partial charge is 0.264 e. The van der Waals surface area contributed by atoms with E-state index in [9.17, 15) is 17.6 Å². The predicted octanol–water partition coefficient (Wildman–Crippen LogP) is 4.30. The number of rotatable bonds is 7. The third-order valence-corrected chi connectivity index (χ3v) is 6.13. The van der Waals surface area contributed by atoms with Gasteiger partial charge in [0, 0.05) is 24.4 Å². The minimum Gasteiger partial charge on any atom is -0.494 e. The predicted molar refractivity (Wildman–Crippen MR) is 114 cm³/mol. The third kappa shape index (κ3) is 4.77. The number of sulfonamides is 1. The van der Waals surface area contributed by atoms with E-state index >= 15 is 0 Å². The lowest BCUT2D eigenvalue weighted by Gasteiger charge is -2.20. The van der Waals surface area contributed by atoms with E-state index in [1.54, 1.807) is 24.3 Å². The molecule has 30 heavy (non-hydrogen) atoms. The molecule has 0 saturated carbocycles. The zero-order valence-corrected chi connectivity index (χ0v) is 17.3. The zero-order chi connectivity index (χ0) is 21.7. The molecule has 3 aromatic rings. The van der Waals surface area contributed by atoms with Gasteiger partial charge in [0.25, 0.3) is 15.9 Å². The van der Waals surface area contributed by atoms with Gasteiger partial charge in [-0.15, -0.1) is 0 Å². The second-order valence-electron chi connectivity index (χ2n) is 6.39. The molecule has 3 rings (SSSR count). The Labute approximate surface area is 175 Å². The summed E-state index contributed by atoms with van der Waals surface area (Å²) in [7, 11) is -2.57. The largest absolute Gasteiger partial charge is 0.494 e. The van der Waals surface area contributed by atoms with E-state index in [4.69, 9.17) is 4.74 Å². The molecule has 156 valence electrons. The number of anilines is 2. The number of carbonyl (C=O) groups excluding carboxylic acids is 1. The summed E-state index contributed by atoms with van der Waals surface area (Å²) >= 11 is 0. The van der Waals surface area contributed by atoms with Crippen LogP contribution < -0.4 is 14.4 Å². The van der Waals surface area contributed by atoms with Gasteiger partial charge in [-0.3, -0.25) is 9.10 Å². The summed E-state index contributed by atoms with van der Waals surface area (Å²) in [5, 5.41) is 2.73. The first-order chi connectivity index (χ1) is 14.3. The molecule has 0 radical (unpaired) electrons. The van der Waals surface area contributed by atoms with Crippen molar-refractivity contribution < 1.29 is 22.3 Å². The van der Waals surface area contributed by atoms with Crippen molar-refractivity contribution in [2.45, 2.75) is 11.8 Å². The molecule has 0 saturated heterocycles. The molecule has 0 aliphatic rings. The molecule has 0 unspecified atom stereocenters. The molecule has 0 fully saturated rings. The van der Waals surface area contributed by atoms with E-state index in [0.717, 1.165) is 4.31 Å². The molecule has 0 atom stereocenters. The minimum absolute atomic E-state index is 0.0509. The van der Waals surface area contributed by atoms with Gasteiger partial charge in [-0.05, 0) is 61.5 Å². The van der Waals surface area contributed by atoms with Crippen LogP contribution in [0.5, 0.6) is 5.75 Å². The summed E-state index contributed by atoms with van der Waals surface area (Å²) in [6.45, 7) is 2.36. The van der Waals surface area contributed by atoms with E-state index in [2.05, 4.69) is 5.32 Å². The number of hydrogen-bond donors (Lipinski definition) is 1. The van der Waals surface area contributed by atoms with Gasteiger partial charge in [-0.1, -0.05) is 12.1 Å². The van der Waals surface area contributed by atoms with Crippen LogP contribution in [0.1, 0.15) is 17.3 Å². The molecule has 0 aliphatic heterocycles. The molecule has 0 bridgehead atoms. The number of ether oxygens (including phenoxy) is 1. The Morgan fingerprint density at radius 3 is 2.43 bits per heavy atom. The molecule has 0 aliphatic carbocycles. The molecule has 1 amide bonds. The van der Waals surface area contributed by atoms with E-state index in [0.29, 0.717) is 23.7 Å². The van der Waals surface area contributed by atoms with Gasteiger partial charge in [-0.2, -0.15) is 0 Å². The first-order valence-electron chi connectivity index (χ1n) is 9.20. The van der Waals surface area contributed by atoms with Crippen molar-refractivity contribution in [3.8, 4) is 5.75 Å². The topological polar surface area (TPSA) is 75.7 Å². The fraction of sp³-hybridized carbons (Fsp3) is 0.136. The van der Waals surface area contributed by atoms with Gasteiger partial charge in [0.1, 0.15) is 11.6 Å². The molecule has 0 heterocycles. The Hall–Kier alpha value is -3.39. The number of nitrogens with one attached hydrogen (secondary N) is 1. The van der Waals surface area contributed by atoms with E-state index in [1.807, 2.05) is 6.92 Å². The summed E-state index contributed by atoms with van der Waals surface area (Å²) < 4.78 is 45.5. The van der Waals surface area contributed by atoms with Crippen LogP contribution in [0.3, 0.4) is 0 Å². The average Bonchev–Trinajstić information content (AvgIpc) is 2.74. The van der Waals surface area contributed by atoms with Gasteiger partial charge in [0.05, 0.1) is 17.2 Å². The maximum atomic E-state index is 13.1. The first-order valence-corrected chi connectivity index (χ1v) is 10.6. The van der Waals surface area contributed by atoms with Crippen molar-refractivity contribution in [3.05, 3.63) is 84.2 Å². The molecule has 3 aromatic carbocycles. The average molecular weight is 428 g/mol. The Balaban J connectivity index is 1.83. The first kappa shape index (κ1) is 21.3. The lowest BCUT2D eigenvalue weighted by atomic mass is 10.2. The van der Waals surface area contributed by atoms with Crippen molar-refractivity contribution in [3.63, 3.8) is 0 Å². The van der Waals surface area contributed by atoms with Crippen molar-refractivity contribution in [1.29, 1.82) is 0 Å². The molecule has 0 spiro atoms. The van der Waals surface area contributed by atoms with Crippen LogP contribution >= 0.6 is 0 Å². The fourth-order valence-electron chi connectivity index (χ4n) is 2.78. The molecule has 8 heteroatoms. The highest BCUT2D eigenvalue weighted by atomic mass is 32.2. The summed E-state index contributed by atoms with van der Waals surface area (Å²) in [6, 6.07) is 17.8. The molecular formula is C22H21FN2O4S. The minimum atomic E-state index is -3.94. The van der Waals surface area contributed by atoms with Gasteiger partial charge in [0.2, 0.25) is 0 Å². The number of halogens is 1. The SMILES string of the molecule is CCOc1cccc(NC(=O)c2cccc(S(=O)(=O)N(C)c3ccc(F)cc3)c2)c1. The summed E-state index contributed by atoms with van der Waals surface area (Å²) in [4.78, 5) is 12.6. The number of carbonyl (C=O) groups is 1. The highest BCUT2D eigenvalue weighted by Gasteiger charge is 2.22. The maximum Gasteiger partial charge on any atom is 0.264 e. The third-order valence-electron chi connectivity index (χ3n) is 4.35. The molecular weight excluding hydrogens is 407 g/mol. The zero-order valence-electron chi connectivity index (χ0n) is 16.5. The fourth-order valence-corrected chi connectivity index (χ4v) is 4.02. The Kier molecular flexibility index (Phi) is 6.37. The second-order valence-corrected chi connectivity index (χ2v) is 8.36. The van der Waals surface area contributed by atoms with Crippen LogP contribution in [-0.2, 0) is 10.0 Å². The number of amides is 1. The van der Waals surface area contributed by atoms with Gasteiger partial charge < -0.3 is 10.1 Å². The summed E-state index contributed by atoms with van der Waals surface area (Å²) in [6.07, 6.45) is 0. The second kappa shape index (κ2) is 8.96. The molecule has 1 N–H and O–H groups in total. The van der Waals surface area contributed by atoms with Crippen LogP contribution in [0.15, 0.2) is 77.7 Å². The monoisotopic (exact) mass is 428 g/mol. The van der Waals surface area contributed by atoms with E-state index in [-0.39, 0.29) is 10.5 Å². The maximum absolute atomic E-state index is 13.1. The van der Waals surface area contributed by atoms with Crippen LogP contribution in [-0.4, -0.2) is 28.0 Å². The Bertz CT molecular complexity index is 1150. The number of hydrogen-bond acceptors (Lipinski definition) is 4. The molecule has 0 aromatic heterocycles. The number of nitrogens with zero attached hydrogens (tertiary/aromatic N) is 1. The van der Waals surface area contributed by atoms with Crippen molar-refractivity contribution in [2.75, 3.05) is 23.3 Å². The summed E-state index contributed by atoms with van der Waals surface area (Å²) in [5.41, 5.74) is 1.02. The standard InChI is InChI=1S/C22H21FN2O4S/c1-3-29-20-8-5-7-18(15-20)24-22(26)16-6-4-9-21(14-16)30(27,28)25(2)19-12-10-17(23)11-13-19/h4-15H,3H2,1-2H3,(H,24,26). The van der Waals surface area contributed by atoms with Gasteiger partial charge in [-0.25, -0.2) is 12.8 Å². The van der Waals surface area contributed by atoms with E-state index < -0.39 is 21.7 Å². The lowest BCUT2D eigenvalue weighted by Crippen LogP contribution is -2.26. The van der Waals surface area contributed by atoms with Crippen molar-refractivity contribution in [2.24, 2.45) is 0 Å². The van der Waals surface area contributed by atoms with Crippen molar-refractivity contribution >= 4 is 27.3 Å². The molecule has 6 nitrogen and oxygen atoms in total. The van der Waals surface area contributed by atoms with Crippen LogP contribution in [0.4, 0.5) is 15.8 Å². The normalized spacial score (nSPS) is 11.0. The summed E-state index contributed by atoms with van der Waals surface area (Å²) in [5.74, 6) is -0.297. The van der Waals surface area contributed by atoms with Crippen LogP contribution in [0, 0.1) is 5.82 Å². The lowest BCUT2D eigenvalue weighted by molar-refractivity contribution is 0.102. The number of benzene rings is 3. The Morgan fingerprint density at radius 2 is 1.73 bits per heavy atom. The van der Waals surface area contributed by atoms with Gasteiger partial charge in [0.15, 0.2) is 0 Å². The quantitative estimate of drug-likeness (QED) is 0.609. The highest BCUT2D eigenvalue weighted by Crippen LogP contribution is 2.24. The highest BCUT2D eigenvalue weighted by molar-refractivity contribution is 7.92. The van der Waals surface area contributed by atoms with Crippen molar-refractivity contribution in [1.82, 2.24) is 0 Å². The van der Waals surface area contributed by atoms with Crippen LogP contribution in [0.25, 0.3) is 0 Å². The van der Waals surface area contributed by atoms with Gasteiger partial charge >= 0.3 is 0 Å². The van der Waals surface area contributed by atoms with E-state index in [1.165, 1.54) is 55.6 Å².